The molecule has 0 heterocycles. The quantitative estimate of drug-likeness (QED) is 0.873. The van der Waals surface area contributed by atoms with Crippen LogP contribution in [0.5, 0.6) is 11.5 Å². The van der Waals surface area contributed by atoms with Crippen LogP contribution in [0.3, 0.4) is 0 Å². The number of nitrogens with one attached hydrogen (secondary N) is 1. The molecule has 0 saturated carbocycles. The first-order chi connectivity index (χ1) is 8.46. The van der Waals surface area contributed by atoms with E-state index in [0.29, 0.717) is 0 Å². The third kappa shape index (κ3) is 3.39. The third-order valence-corrected chi connectivity index (χ3v) is 3.82. The Morgan fingerprint density at radius 3 is 2.28 bits per heavy atom. The topological polar surface area (TPSA) is 30.5 Å². The molecule has 0 amide bonds. The lowest BCUT2D eigenvalue weighted by molar-refractivity contribution is 0.374. The molecule has 0 fully saturated rings. The number of methoxy groups -OCH3 is 2. The van der Waals surface area contributed by atoms with E-state index in [4.69, 9.17) is 9.47 Å². The Labute approximate surface area is 118 Å². The summed E-state index contributed by atoms with van der Waals surface area (Å²) in [6, 6.07) is 4.02. The summed E-state index contributed by atoms with van der Waals surface area (Å²) in [6.07, 6.45) is 1.03. The van der Waals surface area contributed by atoms with E-state index in [1.165, 1.54) is 5.56 Å². The van der Waals surface area contributed by atoms with Crippen molar-refractivity contribution in [2.24, 2.45) is 0 Å². The van der Waals surface area contributed by atoms with Gasteiger partial charge in [-0.1, -0.05) is 13.8 Å². The summed E-state index contributed by atoms with van der Waals surface area (Å²) < 4.78 is 11.8. The molecule has 0 spiro atoms. The van der Waals surface area contributed by atoms with Gasteiger partial charge in [-0.25, -0.2) is 0 Å². The van der Waals surface area contributed by atoms with Gasteiger partial charge in [-0.2, -0.15) is 0 Å². The van der Waals surface area contributed by atoms with Crippen molar-refractivity contribution in [3.05, 3.63) is 22.2 Å². The minimum absolute atomic E-state index is 0.0301. The molecule has 4 heteroatoms. The minimum atomic E-state index is 0.0301. The smallest absolute Gasteiger partial charge is 0.133 e. The third-order valence-electron chi connectivity index (χ3n) is 3.20. The van der Waals surface area contributed by atoms with Crippen molar-refractivity contribution < 1.29 is 9.47 Å². The largest absolute Gasteiger partial charge is 0.496 e. The molecule has 18 heavy (non-hydrogen) atoms. The maximum Gasteiger partial charge on any atom is 0.133 e. The highest BCUT2D eigenvalue weighted by atomic mass is 79.9. The van der Waals surface area contributed by atoms with E-state index in [9.17, 15) is 0 Å². The molecule has 0 atom stereocenters. The molecule has 0 aliphatic heterocycles. The zero-order valence-corrected chi connectivity index (χ0v) is 13.3. The molecular formula is C14H22BrNO2. The Kier molecular flexibility index (Phi) is 5.47. The van der Waals surface area contributed by atoms with Gasteiger partial charge in [0.25, 0.3) is 0 Å². The normalized spacial score (nSPS) is 11.4. The lowest BCUT2D eigenvalue weighted by Gasteiger charge is -2.28. The number of ether oxygens (including phenoxy) is 2. The number of rotatable bonds is 6. The van der Waals surface area contributed by atoms with E-state index in [-0.39, 0.29) is 5.41 Å². The van der Waals surface area contributed by atoms with Gasteiger partial charge < -0.3 is 14.8 Å². The van der Waals surface area contributed by atoms with Crippen molar-refractivity contribution in [3.8, 4) is 11.5 Å². The van der Waals surface area contributed by atoms with Crippen molar-refractivity contribution in [1.29, 1.82) is 0 Å². The van der Waals surface area contributed by atoms with Crippen LogP contribution in [0.2, 0.25) is 0 Å². The van der Waals surface area contributed by atoms with E-state index in [1.54, 1.807) is 14.2 Å². The molecule has 1 aromatic carbocycles. The highest BCUT2D eigenvalue weighted by Crippen LogP contribution is 2.40. The van der Waals surface area contributed by atoms with Crippen LogP contribution in [0.1, 0.15) is 25.8 Å². The summed E-state index contributed by atoms with van der Waals surface area (Å²) in [5, 5.41) is 3.19. The van der Waals surface area contributed by atoms with E-state index >= 15 is 0 Å². The van der Waals surface area contributed by atoms with Crippen LogP contribution in [0, 0.1) is 0 Å². The Bertz CT molecular complexity index is 405. The van der Waals surface area contributed by atoms with E-state index < -0.39 is 0 Å². The van der Waals surface area contributed by atoms with E-state index in [2.05, 4.69) is 41.2 Å². The summed E-state index contributed by atoms with van der Waals surface area (Å²) in [6.45, 7) is 5.40. The maximum absolute atomic E-state index is 5.49. The molecule has 1 aromatic rings. The Balaban J connectivity index is 3.20. The van der Waals surface area contributed by atoms with Gasteiger partial charge in [-0.3, -0.25) is 0 Å². The van der Waals surface area contributed by atoms with Crippen molar-refractivity contribution in [2.75, 3.05) is 27.8 Å². The monoisotopic (exact) mass is 315 g/mol. The molecule has 0 saturated heterocycles. The summed E-state index contributed by atoms with van der Waals surface area (Å²) in [5.41, 5.74) is 1.20. The molecule has 0 radical (unpaired) electrons. The fraction of sp³-hybridized carbons (Fsp3) is 0.571. The second-order valence-electron chi connectivity index (χ2n) is 4.92. The molecule has 3 nitrogen and oxygen atoms in total. The molecule has 1 N–H and O–H groups in total. The number of hydrogen-bond donors (Lipinski definition) is 1. The molecule has 102 valence electrons. The molecule has 1 rings (SSSR count). The average molecular weight is 316 g/mol. The van der Waals surface area contributed by atoms with Crippen LogP contribution in [-0.4, -0.2) is 27.8 Å². The predicted molar refractivity (Wildman–Crippen MR) is 78.8 cm³/mol. The number of hydrogen-bond acceptors (Lipinski definition) is 3. The van der Waals surface area contributed by atoms with Crippen LogP contribution in [0.25, 0.3) is 0 Å². The lowest BCUT2D eigenvalue weighted by Crippen LogP contribution is -2.24. The maximum atomic E-state index is 5.49. The summed E-state index contributed by atoms with van der Waals surface area (Å²) in [5.74, 6) is 1.73. The van der Waals surface area contributed by atoms with Crippen molar-refractivity contribution in [3.63, 3.8) is 0 Å². The van der Waals surface area contributed by atoms with Crippen molar-refractivity contribution in [2.45, 2.75) is 25.7 Å². The highest BCUT2D eigenvalue weighted by molar-refractivity contribution is 9.10. The first-order valence-electron chi connectivity index (χ1n) is 6.03. The Morgan fingerprint density at radius 1 is 1.17 bits per heavy atom. The van der Waals surface area contributed by atoms with Crippen LogP contribution in [0.15, 0.2) is 16.6 Å². The lowest BCUT2D eigenvalue weighted by atomic mass is 9.81. The summed E-state index contributed by atoms with van der Waals surface area (Å²) >= 11 is 3.48. The highest BCUT2D eigenvalue weighted by Gasteiger charge is 2.25. The van der Waals surface area contributed by atoms with Gasteiger partial charge >= 0.3 is 0 Å². The Morgan fingerprint density at radius 2 is 1.78 bits per heavy atom. The minimum Gasteiger partial charge on any atom is -0.496 e. The van der Waals surface area contributed by atoms with Crippen LogP contribution in [-0.2, 0) is 5.41 Å². The molecule has 0 bridgehead atoms. The van der Waals surface area contributed by atoms with Crippen molar-refractivity contribution >= 4 is 15.9 Å². The van der Waals surface area contributed by atoms with Crippen LogP contribution >= 0.6 is 15.9 Å². The van der Waals surface area contributed by atoms with E-state index in [0.717, 1.165) is 28.9 Å². The average Bonchev–Trinajstić information content (AvgIpc) is 2.35. The van der Waals surface area contributed by atoms with Crippen LogP contribution < -0.4 is 14.8 Å². The SMILES string of the molecule is CNCCC(C)(C)c1cc(OC)c(Br)cc1OC. The van der Waals surface area contributed by atoms with E-state index in [1.807, 2.05) is 13.1 Å². The van der Waals surface area contributed by atoms with Gasteiger partial charge in [0.2, 0.25) is 0 Å². The van der Waals surface area contributed by atoms with Crippen LogP contribution in [0.4, 0.5) is 0 Å². The first kappa shape index (κ1) is 15.3. The van der Waals surface area contributed by atoms with Gasteiger partial charge in [0.1, 0.15) is 11.5 Å². The van der Waals surface area contributed by atoms with Gasteiger partial charge in [0, 0.05) is 5.56 Å². The standard InChI is InChI=1S/C14H22BrNO2/c1-14(2,6-7-16-3)10-8-13(18-5)11(15)9-12(10)17-4/h8-9,16H,6-7H2,1-5H3. The zero-order valence-electron chi connectivity index (χ0n) is 11.8. The fourth-order valence-corrected chi connectivity index (χ4v) is 2.45. The second kappa shape index (κ2) is 6.43. The van der Waals surface area contributed by atoms with Gasteiger partial charge in [0.05, 0.1) is 18.7 Å². The molecule has 0 unspecified atom stereocenters. The molecule has 0 aliphatic carbocycles. The summed E-state index contributed by atoms with van der Waals surface area (Å²) in [7, 11) is 5.35. The zero-order chi connectivity index (χ0) is 13.8. The van der Waals surface area contributed by atoms with Crippen molar-refractivity contribution in [1.82, 2.24) is 5.32 Å². The predicted octanol–water partition coefficient (Wildman–Crippen LogP) is 3.35. The van der Waals surface area contributed by atoms with Gasteiger partial charge in [0.15, 0.2) is 0 Å². The van der Waals surface area contributed by atoms with Gasteiger partial charge in [-0.15, -0.1) is 0 Å². The Hall–Kier alpha value is -0.740. The molecular weight excluding hydrogens is 294 g/mol. The number of benzene rings is 1. The number of halogens is 1. The molecule has 0 aromatic heterocycles. The molecule has 0 aliphatic rings. The summed E-state index contributed by atoms with van der Waals surface area (Å²) in [4.78, 5) is 0. The van der Waals surface area contributed by atoms with Gasteiger partial charge in [-0.05, 0) is 53.5 Å². The second-order valence-corrected chi connectivity index (χ2v) is 5.78. The fourth-order valence-electron chi connectivity index (χ4n) is 1.96. The first-order valence-corrected chi connectivity index (χ1v) is 6.82.